The van der Waals surface area contributed by atoms with Crippen LogP contribution in [0.15, 0.2) is 54.6 Å². The zero-order chi connectivity index (χ0) is 21.4. The number of aromatic nitrogens is 3. The predicted octanol–water partition coefficient (Wildman–Crippen LogP) is 3.92. The van der Waals surface area contributed by atoms with Crippen LogP contribution in [0.3, 0.4) is 0 Å². The van der Waals surface area contributed by atoms with Crippen LogP contribution < -0.4 is 5.32 Å². The van der Waals surface area contributed by atoms with Crippen molar-refractivity contribution in [1.29, 1.82) is 0 Å². The van der Waals surface area contributed by atoms with Crippen molar-refractivity contribution in [2.75, 3.05) is 19.6 Å². The number of nitrogens with one attached hydrogen (secondary N) is 2. The van der Waals surface area contributed by atoms with Gasteiger partial charge in [0.25, 0.3) is 0 Å². The molecule has 5 rings (SSSR count). The van der Waals surface area contributed by atoms with Gasteiger partial charge in [-0.15, -0.1) is 0 Å². The van der Waals surface area contributed by atoms with E-state index in [1.165, 1.54) is 11.6 Å². The van der Waals surface area contributed by atoms with Crippen LogP contribution in [-0.4, -0.2) is 44.8 Å². The number of halogens is 1. The van der Waals surface area contributed by atoms with Gasteiger partial charge in [-0.25, -0.2) is 9.37 Å². The number of pyridine rings is 1. The summed E-state index contributed by atoms with van der Waals surface area (Å²) in [6.07, 6.45) is 0. The Morgan fingerprint density at radius 2 is 2.00 bits per heavy atom. The number of phenolic OH excluding ortho intramolecular Hbond substituents is 1. The van der Waals surface area contributed by atoms with Gasteiger partial charge in [-0.2, -0.15) is 5.10 Å². The number of hydrogen-bond donors (Lipinski definition) is 3. The van der Waals surface area contributed by atoms with E-state index in [1.807, 2.05) is 19.1 Å². The van der Waals surface area contributed by atoms with Gasteiger partial charge in [-0.05, 0) is 36.2 Å². The van der Waals surface area contributed by atoms with Gasteiger partial charge in [0, 0.05) is 54.9 Å². The molecule has 0 unspecified atom stereocenters. The third kappa shape index (κ3) is 3.78. The number of piperazine rings is 1. The number of aromatic amines is 1. The van der Waals surface area contributed by atoms with Gasteiger partial charge in [0.1, 0.15) is 11.6 Å². The third-order valence-electron chi connectivity index (χ3n) is 5.93. The molecule has 0 bridgehead atoms. The van der Waals surface area contributed by atoms with Gasteiger partial charge < -0.3 is 10.4 Å². The molecule has 2 aromatic heterocycles. The molecule has 0 aliphatic carbocycles. The summed E-state index contributed by atoms with van der Waals surface area (Å²) in [5.41, 5.74) is 4.71. The number of aromatic hydroxyl groups is 1. The van der Waals surface area contributed by atoms with E-state index in [9.17, 15) is 9.50 Å². The first kappa shape index (κ1) is 19.7. The van der Waals surface area contributed by atoms with Crippen molar-refractivity contribution in [3.05, 3.63) is 77.2 Å². The molecule has 1 fully saturated rings. The Hall–Kier alpha value is -3.29. The van der Waals surface area contributed by atoms with Crippen molar-refractivity contribution in [3.8, 4) is 17.0 Å². The molecule has 0 spiro atoms. The second kappa shape index (κ2) is 8.09. The topological polar surface area (TPSA) is 77.1 Å². The average molecular weight is 417 g/mol. The van der Waals surface area contributed by atoms with E-state index in [0.29, 0.717) is 23.4 Å². The summed E-state index contributed by atoms with van der Waals surface area (Å²) in [4.78, 5) is 7.04. The van der Waals surface area contributed by atoms with Gasteiger partial charge in [0.2, 0.25) is 0 Å². The van der Waals surface area contributed by atoms with Crippen molar-refractivity contribution >= 4 is 11.0 Å². The SMILES string of the molecule is Cc1[nH]nc2nc(-c3ccc(O)cc3F)cc(CN3CCNC[C@@H]3c3ccccc3)c12. The maximum absolute atomic E-state index is 14.6. The first-order valence-corrected chi connectivity index (χ1v) is 10.4. The molecule has 7 heteroatoms. The molecule has 1 saturated heterocycles. The molecule has 1 atom stereocenters. The van der Waals surface area contributed by atoms with Crippen molar-refractivity contribution in [3.63, 3.8) is 0 Å². The summed E-state index contributed by atoms with van der Waals surface area (Å²) < 4.78 is 14.6. The minimum atomic E-state index is -0.505. The molecule has 4 aromatic rings. The number of phenols is 1. The van der Waals surface area contributed by atoms with Crippen LogP contribution in [0.5, 0.6) is 5.75 Å². The minimum Gasteiger partial charge on any atom is -0.508 e. The zero-order valence-corrected chi connectivity index (χ0v) is 17.3. The fourth-order valence-electron chi connectivity index (χ4n) is 4.40. The van der Waals surface area contributed by atoms with E-state index in [0.717, 1.165) is 42.3 Å². The second-order valence-corrected chi connectivity index (χ2v) is 7.98. The summed E-state index contributed by atoms with van der Waals surface area (Å²) >= 11 is 0. The summed E-state index contributed by atoms with van der Waals surface area (Å²) in [6, 6.07) is 16.8. The summed E-state index contributed by atoms with van der Waals surface area (Å²) in [7, 11) is 0. The van der Waals surface area contributed by atoms with Crippen LogP contribution >= 0.6 is 0 Å². The molecule has 0 saturated carbocycles. The van der Waals surface area contributed by atoms with E-state index in [4.69, 9.17) is 0 Å². The van der Waals surface area contributed by atoms with E-state index in [-0.39, 0.29) is 11.8 Å². The van der Waals surface area contributed by atoms with Crippen LogP contribution in [-0.2, 0) is 6.54 Å². The number of H-pyrrole nitrogens is 1. The van der Waals surface area contributed by atoms with Crippen molar-refractivity contribution < 1.29 is 9.50 Å². The molecule has 1 aliphatic heterocycles. The van der Waals surface area contributed by atoms with Crippen LogP contribution in [0.2, 0.25) is 0 Å². The van der Waals surface area contributed by atoms with Crippen LogP contribution in [0.4, 0.5) is 4.39 Å². The first-order valence-electron chi connectivity index (χ1n) is 10.4. The third-order valence-corrected chi connectivity index (χ3v) is 5.93. The number of hydrogen-bond acceptors (Lipinski definition) is 5. The normalized spacial score (nSPS) is 17.3. The molecular weight excluding hydrogens is 393 g/mol. The zero-order valence-electron chi connectivity index (χ0n) is 17.3. The quantitative estimate of drug-likeness (QED) is 0.469. The number of rotatable bonds is 4. The van der Waals surface area contributed by atoms with Crippen molar-refractivity contribution in [2.45, 2.75) is 19.5 Å². The van der Waals surface area contributed by atoms with Gasteiger partial charge in [-0.1, -0.05) is 30.3 Å². The number of nitrogens with zero attached hydrogens (tertiary/aromatic N) is 3. The fraction of sp³-hybridized carbons (Fsp3) is 0.250. The lowest BCUT2D eigenvalue weighted by molar-refractivity contribution is 0.154. The maximum Gasteiger partial charge on any atom is 0.182 e. The Balaban J connectivity index is 1.57. The molecule has 158 valence electrons. The standard InChI is InChI=1S/C24H24FN5O/c1-15-23-17(14-30-10-9-26-13-22(30)16-5-3-2-4-6-16)11-21(27-24(23)29-28-15)19-8-7-18(31)12-20(19)25/h2-8,11-12,22,26,31H,9-10,13-14H2,1H3,(H,27,28,29)/t22-/m1/s1. The molecule has 0 amide bonds. The van der Waals surface area contributed by atoms with E-state index >= 15 is 0 Å². The van der Waals surface area contributed by atoms with Crippen LogP contribution in [0, 0.1) is 12.7 Å². The Kier molecular flexibility index (Phi) is 5.13. The Bertz CT molecular complexity index is 1220. The highest BCUT2D eigenvalue weighted by Crippen LogP contribution is 2.31. The molecule has 3 heterocycles. The summed E-state index contributed by atoms with van der Waals surface area (Å²) in [6.45, 7) is 5.38. The van der Waals surface area contributed by atoms with E-state index < -0.39 is 5.82 Å². The van der Waals surface area contributed by atoms with Crippen molar-refractivity contribution in [1.82, 2.24) is 25.4 Å². The highest BCUT2D eigenvalue weighted by Gasteiger charge is 2.25. The number of aryl methyl sites for hydroxylation is 1. The summed E-state index contributed by atoms with van der Waals surface area (Å²) in [5.74, 6) is -0.612. The Morgan fingerprint density at radius 3 is 2.81 bits per heavy atom. The fourth-order valence-corrected chi connectivity index (χ4v) is 4.40. The smallest absolute Gasteiger partial charge is 0.182 e. The van der Waals surface area contributed by atoms with E-state index in [1.54, 1.807) is 6.07 Å². The lowest BCUT2D eigenvalue weighted by atomic mass is 10.0. The molecule has 1 aliphatic rings. The molecule has 31 heavy (non-hydrogen) atoms. The van der Waals surface area contributed by atoms with Gasteiger partial charge >= 0.3 is 0 Å². The molecule has 2 aromatic carbocycles. The minimum absolute atomic E-state index is 0.107. The molecule has 0 radical (unpaired) electrons. The maximum atomic E-state index is 14.6. The first-order chi connectivity index (χ1) is 15.1. The largest absolute Gasteiger partial charge is 0.508 e. The van der Waals surface area contributed by atoms with Gasteiger partial charge in [-0.3, -0.25) is 10.00 Å². The van der Waals surface area contributed by atoms with Crippen molar-refractivity contribution in [2.24, 2.45) is 0 Å². The Morgan fingerprint density at radius 1 is 1.16 bits per heavy atom. The lowest BCUT2D eigenvalue weighted by Crippen LogP contribution is -2.45. The average Bonchev–Trinajstić information content (AvgIpc) is 3.16. The highest BCUT2D eigenvalue weighted by molar-refractivity contribution is 5.84. The Labute approximate surface area is 179 Å². The van der Waals surface area contributed by atoms with Crippen LogP contribution in [0.1, 0.15) is 22.9 Å². The second-order valence-electron chi connectivity index (χ2n) is 7.98. The molecular formula is C24H24FN5O. The number of fused-ring (bicyclic) bond motifs is 1. The number of benzene rings is 2. The monoisotopic (exact) mass is 417 g/mol. The summed E-state index contributed by atoms with van der Waals surface area (Å²) in [5, 5.41) is 21.4. The highest BCUT2D eigenvalue weighted by atomic mass is 19.1. The van der Waals surface area contributed by atoms with E-state index in [2.05, 4.69) is 49.7 Å². The van der Waals surface area contributed by atoms with Gasteiger partial charge in [0.05, 0.1) is 5.69 Å². The van der Waals surface area contributed by atoms with Gasteiger partial charge in [0.15, 0.2) is 5.65 Å². The predicted molar refractivity (Wildman–Crippen MR) is 118 cm³/mol. The molecule has 3 N–H and O–H groups in total. The molecule has 6 nitrogen and oxygen atoms in total. The lowest BCUT2D eigenvalue weighted by Gasteiger charge is -2.36. The van der Waals surface area contributed by atoms with Crippen LogP contribution in [0.25, 0.3) is 22.3 Å².